The number of hydrogen-bond acceptors (Lipinski definition) is 3. The number of benzene rings is 1. The molecule has 0 radical (unpaired) electrons. The Morgan fingerprint density at radius 3 is 2.29 bits per heavy atom. The first-order valence-electron chi connectivity index (χ1n) is 4.64. The summed E-state index contributed by atoms with van der Waals surface area (Å²) in [5.41, 5.74) is 0.845. The van der Waals surface area contributed by atoms with Crippen molar-refractivity contribution in [2.75, 3.05) is 0 Å². The van der Waals surface area contributed by atoms with Gasteiger partial charge in [0.25, 0.3) is 0 Å². The van der Waals surface area contributed by atoms with E-state index in [1.807, 2.05) is 0 Å². The second kappa shape index (κ2) is 3.76. The summed E-state index contributed by atoms with van der Waals surface area (Å²) in [5, 5.41) is 11.7. The van der Waals surface area contributed by atoms with Crippen LogP contribution in [0.3, 0.4) is 0 Å². The van der Waals surface area contributed by atoms with Gasteiger partial charge in [0, 0.05) is 5.56 Å². The Labute approximate surface area is 94.0 Å². The molecule has 0 atom stereocenters. The molecule has 0 amide bonds. The molecule has 1 N–H and O–H groups in total. The summed E-state index contributed by atoms with van der Waals surface area (Å²) in [4.78, 5) is 10.4. The molecule has 0 aromatic heterocycles. The third-order valence-electron chi connectivity index (χ3n) is 2.16. The third kappa shape index (κ3) is 2.55. The summed E-state index contributed by atoms with van der Waals surface area (Å²) in [7, 11) is 0. The maximum atomic E-state index is 12.2. The number of hydrazone groups is 1. The highest BCUT2D eigenvalue weighted by molar-refractivity contribution is 6.05. The van der Waals surface area contributed by atoms with Crippen LogP contribution in [0, 0.1) is 0 Å². The van der Waals surface area contributed by atoms with Gasteiger partial charge in [0.15, 0.2) is 5.84 Å². The van der Waals surface area contributed by atoms with E-state index in [1.165, 1.54) is 24.3 Å². The molecule has 1 aliphatic heterocycles. The summed E-state index contributed by atoms with van der Waals surface area (Å²) >= 11 is 0. The van der Waals surface area contributed by atoms with E-state index in [4.69, 9.17) is 5.11 Å². The molecule has 90 valence electrons. The van der Waals surface area contributed by atoms with Crippen LogP contribution in [-0.4, -0.2) is 28.2 Å². The molecule has 0 spiro atoms. The van der Waals surface area contributed by atoms with Crippen molar-refractivity contribution in [1.82, 2.24) is 5.01 Å². The van der Waals surface area contributed by atoms with Crippen LogP contribution >= 0.6 is 0 Å². The van der Waals surface area contributed by atoms with E-state index in [9.17, 15) is 18.0 Å². The second-order valence-corrected chi connectivity index (χ2v) is 3.47. The SMILES string of the molecule is O=C(O)Cc1ccc(C2=NN2C(F)(F)F)cc1. The minimum Gasteiger partial charge on any atom is -0.481 e. The van der Waals surface area contributed by atoms with Crippen molar-refractivity contribution in [3.8, 4) is 0 Å². The minimum atomic E-state index is -4.49. The maximum Gasteiger partial charge on any atom is 0.506 e. The number of alkyl halides is 3. The van der Waals surface area contributed by atoms with Crippen LogP contribution < -0.4 is 0 Å². The van der Waals surface area contributed by atoms with E-state index in [1.54, 1.807) is 0 Å². The fourth-order valence-electron chi connectivity index (χ4n) is 1.38. The first-order valence-corrected chi connectivity index (χ1v) is 4.64. The quantitative estimate of drug-likeness (QED) is 0.825. The van der Waals surface area contributed by atoms with Gasteiger partial charge in [0.05, 0.1) is 6.42 Å². The van der Waals surface area contributed by atoms with E-state index < -0.39 is 12.3 Å². The van der Waals surface area contributed by atoms with Crippen LogP contribution in [0.5, 0.6) is 0 Å². The monoisotopic (exact) mass is 244 g/mol. The Morgan fingerprint density at radius 2 is 1.88 bits per heavy atom. The second-order valence-electron chi connectivity index (χ2n) is 3.47. The van der Waals surface area contributed by atoms with Crippen molar-refractivity contribution in [2.45, 2.75) is 12.7 Å². The number of amidine groups is 1. The number of halogens is 3. The van der Waals surface area contributed by atoms with Crippen LogP contribution in [-0.2, 0) is 11.2 Å². The van der Waals surface area contributed by atoms with Crippen molar-refractivity contribution >= 4 is 11.8 Å². The number of rotatable bonds is 3. The lowest BCUT2D eigenvalue weighted by molar-refractivity contribution is -0.201. The molecule has 7 heteroatoms. The van der Waals surface area contributed by atoms with Gasteiger partial charge in [0.2, 0.25) is 0 Å². The average Bonchev–Trinajstić information content (AvgIpc) is 2.96. The zero-order valence-corrected chi connectivity index (χ0v) is 8.40. The first kappa shape index (κ1) is 11.4. The van der Waals surface area contributed by atoms with Gasteiger partial charge in [-0.05, 0) is 5.56 Å². The zero-order valence-electron chi connectivity index (χ0n) is 8.40. The van der Waals surface area contributed by atoms with Crippen LogP contribution in [0.15, 0.2) is 29.4 Å². The molecule has 1 heterocycles. The van der Waals surface area contributed by atoms with Crippen molar-refractivity contribution in [2.24, 2.45) is 5.10 Å². The first-order chi connectivity index (χ1) is 7.88. The summed E-state index contributed by atoms with van der Waals surface area (Å²) in [5.74, 6) is -1.14. The van der Waals surface area contributed by atoms with Crippen LogP contribution in [0.25, 0.3) is 0 Å². The normalized spacial score (nSPS) is 14.5. The van der Waals surface area contributed by atoms with Gasteiger partial charge in [-0.25, -0.2) is 0 Å². The Morgan fingerprint density at radius 1 is 1.29 bits per heavy atom. The van der Waals surface area contributed by atoms with E-state index in [2.05, 4.69) is 5.10 Å². The lowest BCUT2D eigenvalue weighted by Crippen LogP contribution is -2.25. The molecule has 0 bridgehead atoms. The van der Waals surface area contributed by atoms with E-state index >= 15 is 0 Å². The number of nitrogens with zero attached hydrogens (tertiary/aromatic N) is 2. The number of carbonyl (C=O) groups is 1. The van der Waals surface area contributed by atoms with Crippen molar-refractivity contribution < 1.29 is 23.1 Å². The Hall–Kier alpha value is -2.05. The van der Waals surface area contributed by atoms with Crippen LogP contribution in [0.2, 0.25) is 0 Å². The third-order valence-corrected chi connectivity index (χ3v) is 2.16. The molecule has 0 unspecified atom stereocenters. The summed E-state index contributed by atoms with van der Waals surface area (Å²) < 4.78 is 36.5. The standard InChI is InChI=1S/C10H7F3N2O2/c11-10(12,13)15-9(14-15)7-3-1-6(2-4-7)5-8(16)17/h1-4H,5H2,(H,16,17). The summed E-state index contributed by atoms with van der Waals surface area (Å²) in [6.45, 7) is 0. The zero-order chi connectivity index (χ0) is 12.6. The molecule has 1 aromatic rings. The highest BCUT2D eigenvalue weighted by Crippen LogP contribution is 2.32. The fourth-order valence-corrected chi connectivity index (χ4v) is 1.38. The minimum absolute atomic E-state index is 0.0286. The highest BCUT2D eigenvalue weighted by atomic mass is 19.4. The predicted molar refractivity (Wildman–Crippen MR) is 52.2 cm³/mol. The average molecular weight is 244 g/mol. The van der Waals surface area contributed by atoms with E-state index in [0.717, 1.165) is 0 Å². The lowest BCUT2D eigenvalue weighted by atomic mass is 10.1. The molecule has 0 saturated carbocycles. The van der Waals surface area contributed by atoms with Crippen LogP contribution in [0.4, 0.5) is 13.2 Å². The van der Waals surface area contributed by atoms with Crippen molar-refractivity contribution in [3.63, 3.8) is 0 Å². The molecule has 2 rings (SSSR count). The van der Waals surface area contributed by atoms with Crippen molar-refractivity contribution in [3.05, 3.63) is 35.4 Å². The summed E-state index contributed by atoms with van der Waals surface area (Å²) in [6, 6.07) is 5.78. The van der Waals surface area contributed by atoms with Crippen molar-refractivity contribution in [1.29, 1.82) is 0 Å². The molecule has 0 saturated heterocycles. The Bertz CT molecular complexity index is 479. The predicted octanol–water partition coefficient (Wildman–Crippen LogP) is 1.81. The molecular weight excluding hydrogens is 237 g/mol. The molecule has 0 aliphatic carbocycles. The number of carboxylic acid groups (broad SMARTS) is 1. The van der Waals surface area contributed by atoms with E-state index in [0.29, 0.717) is 11.1 Å². The smallest absolute Gasteiger partial charge is 0.481 e. The van der Waals surface area contributed by atoms with Gasteiger partial charge in [0.1, 0.15) is 0 Å². The fraction of sp³-hybridized carbons (Fsp3) is 0.200. The largest absolute Gasteiger partial charge is 0.506 e. The Kier molecular flexibility index (Phi) is 2.53. The van der Waals surface area contributed by atoms with Gasteiger partial charge in [-0.1, -0.05) is 24.3 Å². The van der Waals surface area contributed by atoms with E-state index in [-0.39, 0.29) is 17.3 Å². The topological polar surface area (TPSA) is 52.7 Å². The number of carboxylic acids is 1. The molecule has 17 heavy (non-hydrogen) atoms. The molecule has 1 aliphatic rings. The molecular formula is C10H7F3N2O2. The molecule has 0 fully saturated rings. The van der Waals surface area contributed by atoms with Gasteiger partial charge in [-0.3, -0.25) is 4.79 Å². The number of aliphatic carboxylic acids is 1. The number of hydrogen-bond donors (Lipinski definition) is 1. The van der Waals surface area contributed by atoms with Gasteiger partial charge < -0.3 is 5.11 Å². The molecule has 1 aromatic carbocycles. The molecule has 4 nitrogen and oxygen atoms in total. The van der Waals surface area contributed by atoms with Gasteiger partial charge in [-0.15, -0.1) is 23.3 Å². The van der Waals surface area contributed by atoms with Gasteiger partial charge >= 0.3 is 12.3 Å². The maximum absolute atomic E-state index is 12.2. The summed E-state index contributed by atoms with van der Waals surface area (Å²) in [6.07, 6.45) is -4.65. The van der Waals surface area contributed by atoms with Crippen LogP contribution in [0.1, 0.15) is 11.1 Å². The highest BCUT2D eigenvalue weighted by Gasteiger charge is 2.48. The Balaban J connectivity index is 2.06. The lowest BCUT2D eigenvalue weighted by Gasteiger charge is -2.06. The van der Waals surface area contributed by atoms with Gasteiger partial charge in [-0.2, -0.15) is 0 Å².